The molecule has 0 atom stereocenters. The maximum Gasteiger partial charge on any atom is 0.280 e. The van der Waals surface area contributed by atoms with Crippen molar-refractivity contribution < 1.29 is 18.5 Å². The van der Waals surface area contributed by atoms with Gasteiger partial charge in [-0.25, -0.2) is 9.37 Å². The van der Waals surface area contributed by atoms with Gasteiger partial charge in [0.25, 0.3) is 5.69 Å². The quantitative estimate of drug-likeness (QED) is 0.222. The number of anilines is 1. The Labute approximate surface area is 186 Å². The van der Waals surface area contributed by atoms with Crippen LogP contribution in [0, 0.1) is 15.9 Å². The average Bonchev–Trinajstić information content (AvgIpc) is 3.43. The van der Waals surface area contributed by atoms with Crippen molar-refractivity contribution in [3.63, 3.8) is 0 Å². The Morgan fingerprint density at radius 3 is 2.72 bits per heavy atom. The molecule has 4 aromatic rings. The lowest BCUT2D eigenvalue weighted by atomic mass is 10.1. The maximum absolute atomic E-state index is 13.0. The van der Waals surface area contributed by atoms with E-state index < -0.39 is 10.8 Å². The third-order valence-electron chi connectivity index (χ3n) is 4.47. The number of thiazole rings is 1. The molecule has 0 spiro atoms. The second-order valence-electron chi connectivity index (χ2n) is 6.73. The van der Waals surface area contributed by atoms with Gasteiger partial charge in [0.1, 0.15) is 17.3 Å². The molecule has 0 bridgehead atoms. The van der Waals surface area contributed by atoms with Crippen LogP contribution >= 0.6 is 11.3 Å². The molecule has 0 saturated heterocycles. The highest BCUT2D eigenvalue weighted by atomic mass is 32.1. The molecule has 0 saturated carbocycles. The maximum atomic E-state index is 13.0. The van der Waals surface area contributed by atoms with Crippen LogP contribution in [0.2, 0.25) is 0 Å². The van der Waals surface area contributed by atoms with Crippen molar-refractivity contribution in [1.29, 1.82) is 0 Å². The number of halogens is 1. The number of rotatable bonds is 7. The molecule has 0 fully saturated rings. The first-order valence-electron chi connectivity index (χ1n) is 9.50. The summed E-state index contributed by atoms with van der Waals surface area (Å²) in [6, 6.07) is 15.7. The second-order valence-corrected chi connectivity index (χ2v) is 7.85. The minimum absolute atomic E-state index is 0.0599. The highest BCUT2D eigenvalue weighted by molar-refractivity contribution is 7.15. The van der Waals surface area contributed by atoms with Gasteiger partial charge in [-0.1, -0.05) is 24.3 Å². The summed E-state index contributed by atoms with van der Waals surface area (Å²) in [6.07, 6.45) is 5.02. The van der Waals surface area contributed by atoms with E-state index in [9.17, 15) is 19.3 Å². The molecule has 1 amide bonds. The standard InChI is InChI=1S/C23H16FN3O4S/c24-16-7-5-15(6-8-16)13-18-14-25-23(32-18)26-22(28)12-10-17-9-11-21(31-17)19-3-1-2-4-20(19)27(29)30/h1-12,14H,13H2,(H,25,26,28)/b12-10+. The van der Waals surface area contributed by atoms with Crippen LogP contribution in [0.25, 0.3) is 17.4 Å². The van der Waals surface area contributed by atoms with Crippen molar-refractivity contribution in [2.45, 2.75) is 6.42 Å². The Morgan fingerprint density at radius 1 is 1.16 bits per heavy atom. The number of nitro groups is 1. The lowest BCUT2D eigenvalue weighted by Gasteiger charge is -1.99. The number of furan rings is 1. The van der Waals surface area contributed by atoms with E-state index in [0.717, 1.165) is 10.4 Å². The molecule has 0 aliphatic rings. The van der Waals surface area contributed by atoms with Crippen molar-refractivity contribution in [3.05, 3.63) is 105 Å². The molecule has 0 aliphatic heterocycles. The topological polar surface area (TPSA) is 98.3 Å². The zero-order valence-electron chi connectivity index (χ0n) is 16.5. The third kappa shape index (κ3) is 5.13. The summed E-state index contributed by atoms with van der Waals surface area (Å²) in [4.78, 5) is 28.0. The first kappa shape index (κ1) is 21.1. The van der Waals surface area contributed by atoms with Crippen LogP contribution in [0.3, 0.4) is 0 Å². The minimum atomic E-state index is -0.473. The van der Waals surface area contributed by atoms with Crippen LogP contribution in [0.4, 0.5) is 15.2 Å². The second kappa shape index (κ2) is 9.36. The van der Waals surface area contributed by atoms with Gasteiger partial charge < -0.3 is 4.42 Å². The number of para-hydroxylation sites is 1. The van der Waals surface area contributed by atoms with Gasteiger partial charge in [-0.2, -0.15) is 0 Å². The summed E-state index contributed by atoms with van der Waals surface area (Å²) in [7, 11) is 0. The molecule has 32 heavy (non-hydrogen) atoms. The Kier molecular flexibility index (Phi) is 6.18. The molecule has 0 radical (unpaired) electrons. The summed E-state index contributed by atoms with van der Waals surface area (Å²) in [5.41, 5.74) is 1.24. The van der Waals surface area contributed by atoms with Gasteiger partial charge in [0, 0.05) is 29.6 Å². The molecule has 0 unspecified atom stereocenters. The number of benzene rings is 2. The van der Waals surface area contributed by atoms with Crippen LogP contribution < -0.4 is 5.32 Å². The normalized spacial score (nSPS) is 11.0. The van der Waals surface area contributed by atoms with Crippen LogP contribution in [0.1, 0.15) is 16.2 Å². The molecule has 2 heterocycles. The van der Waals surface area contributed by atoms with Gasteiger partial charge in [-0.15, -0.1) is 11.3 Å². The van der Waals surface area contributed by atoms with Gasteiger partial charge in [0.05, 0.1) is 10.5 Å². The number of nitrogens with one attached hydrogen (secondary N) is 1. The zero-order valence-corrected chi connectivity index (χ0v) is 17.3. The fourth-order valence-corrected chi connectivity index (χ4v) is 3.83. The summed E-state index contributed by atoms with van der Waals surface area (Å²) in [6.45, 7) is 0. The zero-order chi connectivity index (χ0) is 22.5. The molecule has 2 aromatic heterocycles. The molecule has 2 aromatic carbocycles. The van der Waals surface area contributed by atoms with Crippen molar-refractivity contribution >= 4 is 34.1 Å². The van der Waals surface area contributed by atoms with Gasteiger partial charge in [-0.05, 0) is 42.0 Å². The van der Waals surface area contributed by atoms with E-state index in [1.807, 2.05) is 0 Å². The van der Waals surface area contributed by atoms with Gasteiger partial charge in [0.2, 0.25) is 5.91 Å². The Bertz CT molecular complexity index is 1290. The minimum Gasteiger partial charge on any atom is -0.456 e. The largest absolute Gasteiger partial charge is 0.456 e. The Hall–Kier alpha value is -4.11. The van der Waals surface area contributed by atoms with E-state index in [0.29, 0.717) is 28.6 Å². The number of nitro benzene ring substituents is 1. The monoisotopic (exact) mass is 449 g/mol. The lowest BCUT2D eigenvalue weighted by Crippen LogP contribution is -2.06. The molecular formula is C23H16FN3O4S. The third-order valence-corrected chi connectivity index (χ3v) is 5.38. The summed E-state index contributed by atoms with van der Waals surface area (Å²) >= 11 is 1.33. The van der Waals surface area contributed by atoms with Crippen LogP contribution in [-0.4, -0.2) is 15.8 Å². The van der Waals surface area contributed by atoms with Crippen LogP contribution in [0.5, 0.6) is 0 Å². The van der Waals surface area contributed by atoms with E-state index >= 15 is 0 Å². The smallest absolute Gasteiger partial charge is 0.280 e. The van der Waals surface area contributed by atoms with Crippen molar-refractivity contribution in [2.24, 2.45) is 0 Å². The first-order chi connectivity index (χ1) is 15.5. The first-order valence-corrected chi connectivity index (χ1v) is 10.3. The van der Waals surface area contributed by atoms with Crippen molar-refractivity contribution in [3.8, 4) is 11.3 Å². The highest BCUT2D eigenvalue weighted by Crippen LogP contribution is 2.31. The number of hydrogen-bond donors (Lipinski definition) is 1. The number of hydrogen-bond acceptors (Lipinski definition) is 6. The predicted molar refractivity (Wildman–Crippen MR) is 120 cm³/mol. The summed E-state index contributed by atoms with van der Waals surface area (Å²) in [5.74, 6) is 0.0342. The predicted octanol–water partition coefficient (Wildman–Crippen LogP) is 5.69. The van der Waals surface area contributed by atoms with E-state index in [4.69, 9.17) is 4.42 Å². The van der Waals surface area contributed by atoms with E-state index in [-0.39, 0.29) is 11.5 Å². The lowest BCUT2D eigenvalue weighted by molar-refractivity contribution is -0.384. The average molecular weight is 449 g/mol. The molecule has 7 nitrogen and oxygen atoms in total. The van der Waals surface area contributed by atoms with E-state index in [1.165, 1.54) is 41.7 Å². The van der Waals surface area contributed by atoms with Gasteiger partial charge in [0.15, 0.2) is 5.13 Å². The molecule has 0 aliphatic carbocycles. The van der Waals surface area contributed by atoms with Crippen molar-refractivity contribution in [2.75, 3.05) is 5.32 Å². The Balaban J connectivity index is 1.38. The van der Waals surface area contributed by atoms with Gasteiger partial charge in [-0.3, -0.25) is 20.2 Å². The van der Waals surface area contributed by atoms with Crippen LogP contribution in [0.15, 0.2) is 77.4 Å². The summed E-state index contributed by atoms with van der Waals surface area (Å²) < 4.78 is 18.6. The SMILES string of the molecule is O=C(/C=C/c1ccc(-c2ccccc2[N+](=O)[O-])o1)Nc1ncc(Cc2ccc(F)cc2)s1. The van der Waals surface area contributed by atoms with Gasteiger partial charge >= 0.3 is 0 Å². The fraction of sp³-hybridized carbons (Fsp3) is 0.0435. The summed E-state index contributed by atoms with van der Waals surface area (Å²) in [5, 5.41) is 14.3. The van der Waals surface area contributed by atoms with E-state index in [2.05, 4.69) is 10.3 Å². The number of carbonyl (C=O) groups excluding carboxylic acids is 1. The fourth-order valence-electron chi connectivity index (χ4n) is 2.98. The molecular weight excluding hydrogens is 433 g/mol. The Morgan fingerprint density at radius 2 is 1.94 bits per heavy atom. The highest BCUT2D eigenvalue weighted by Gasteiger charge is 2.16. The number of amides is 1. The van der Waals surface area contributed by atoms with Crippen LogP contribution in [-0.2, 0) is 11.2 Å². The molecule has 4 rings (SSSR count). The number of carbonyl (C=O) groups is 1. The van der Waals surface area contributed by atoms with E-state index in [1.54, 1.807) is 48.7 Å². The number of aromatic nitrogens is 1. The number of nitrogens with zero attached hydrogens (tertiary/aromatic N) is 2. The molecule has 160 valence electrons. The molecule has 1 N–H and O–H groups in total. The molecule has 9 heteroatoms. The van der Waals surface area contributed by atoms with Crippen molar-refractivity contribution in [1.82, 2.24) is 4.98 Å².